The maximum Gasteiger partial charge on any atom is 0.339 e. The maximum atomic E-state index is 10.9. The minimum absolute atomic E-state index is 0.226. The third-order valence-corrected chi connectivity index (χ3v) is 2.40. The molecule has 0 aliphatic rings. The van der Waals surface area contributed by atoms with Gasteiger partial charge in [0.25, 0.3) is 0 Å². The quantitative estimate of drug-likeness (QED) is 0.779. The Morgan fingerprint density at radius 2 is 2.20 bits per heavy atom. The zero-order valence-electron chi connectivity index (χ0n) is 9.03. The molecule has 0 spiro atoms. The summed E-state index contributed by atoms with van der Waals surface area (Å²) in [6.45, 7) is 4.14. The van der Waals surface area contributed by atoms with Gasteiger partial charge in [0.05, 0.1) is 5.69 Å². The number of carboxylic acid groups (broad SMARTS) is 1. The third-order valence-electron chi connectivity index (χ3n) is 2.40. The molecule has 0 saturated carbocycles. The van der Waals surface area contributed by atoms with Crippen molar-refractivity contribution in [1.82, 2.24) is 4.98 Å². The number of carboxylic acids is 1. The van der Waals surface area contributed by atoms with E-state index in [-0.39, 0.29) is 5.56 Å². The summed E-state index contributed by atoms with van der Waals surface area (Å²) in [6.07, 6.45) is 4.90. The van der Waals surface area contributed by atoms with Crippen LogP contribution in [0.4, 0.5) is 5.69 Å². The second-order valence-electron chi connectivity index (χ2n) is 3.38. The average Bonchev–Trinajstić information content (AvgIpc) is 2.26. The summed E-state index contributed by atoms with van der Waals surface area (Å²) in [6, 6.07) is 2.01. The Morgan fingerprint density at radius 1 is 1.53 bits per heavy atom. The Balaban J connectivity index is 2.88. The molecule has 0 bridgehead atoms. The van der Waals surface area contributed by atoms with Crippen LogP contribution in [-0.2, 0) is 0 Å². The highest BCUT2D eigenvalue weighted by molar-refractivity contribution is 5.93. The van der Waals surface area contributed by atoms with Gasteiger partial charge in [-0.05, 0) is 18.9 Å². The van der Waals surface area contributed by atoms with Crippen LogP contribution in [0.5, 0.6) is 0 Å². The number of hydrogen-bond donors (Lipinski definition) is 2. The van der Waals surface area contributed by atoms with Crippen LogP contribution >= 0.6 is 0 Å². The number of aromatic carboxylic acids is 1. The van der Waals surface area contributed by atoms with E-state index in [1.165, 1.54) is 6.20 Å². The SMILES string of the molecule is CCC(CC)Nc1ccncc1C(=O)O. The summed E-state index contributed by atoms with van der Waals surface area (Å²) in [4.78, 5) is 14.7. The van der Waals surface area contributed by atoms with Crippen molar-refractivity contribution in [2.24, 2.45) is 0 Å². The fourth-order valence-corrected chi connectivity index (χ4v) is 1.40. The van der Waals surface area contributed by atoms with Crippen LogP contribution in [0.3, 0.4) is 0 Å². The molecule has 0 atom stereocenters. The molecule has 82 valence electrons. The molecule has 0 radical (unpaired) electrons. The summed E-state index contributed by atoms with van der Waals surface area (Å²) in [7, 11) is 0. The van der Waals surface area contributed by atoms with Crippen molar-refractivity contribution >= 4 is 11.7 Å². The van der Waals surface area contributed by atoms with Crippen LogP contribution < -0.4 is 5.32 Å². The topological polar surface area (TPSA) is 62.2 Å². The number of nitrogens with zero attached hydrogens (tertiary/aromatic N) is 1. The summed E-state index contributed by atoms with van der Waals surface area (Å²) in [5.74, 6) is -0.948. The maximum absolute atomic E-state index is 10.9. The van der Waals surface area contributed by atoms with Gasteiger partial charge in [0.1, 0.15) is 5.56 Å². The molecule has 0 aliphatic carbocycles. The Labute approximate surface area is 89.3 Å². The molecule has 1 rings (SSSR count). The van der Waals surface area contributed by atoms with Crippen molar-refractivity contribution in [3.05, 3.63) is 24.0 Å². The number of rotatable bonds is 5. The Bertz CT molecular complexity index is 335. The Kier molecular flexibility index (Phi) is 4.09. The van der Waals surface area contributed by atoms with E-state index in [9.17, 15) is 4.79 Å². The van der Waals surface area contributed by atoms with Crippen LogP contribution in [0.1, 0.15) is 37.0 Å². The molecule has 0 saturated heterocycles. The molecule has 1 aromatic rings. The van der Waals surface area contributed by atoms with Gasteiger partial charge in [0.15, 0.2) is 0 Å². The number of anilines is 1. The predicted octanol–water partition coefficient (Wildman–Crippen LogP) is 2.38. The normalized spacial score (nSPS) is 10.3. The monoisotopic (exact) mass is 208 g/mol. The van der Waals surface area contributed by atoms with E-state index in [2.05, 4.69) is 24.1 Å². The van der Waals surface area contributed by atoms with Crippen molar-refractivity contribution < 1.29 is 9.90 Å². The van der Waals surface area contributed by atoms with E-state index in [1.54, 1.807) is 12.3 Å². The number of carbonyl (C=O) groups is 1. The first-order valence-corrected chi connectivity index (χ1v) is 5.12. The van der Waals surface area contributed by atoms with Gasteiger partial charge in [0.2, 0.25) is 0 Å². The molecular weight excluding hydrogens is 192 g/mol. The van der Waals surface area contributed by atoms with Gasteiger partial charge in [-0.1, -0.05) is 13.8 Å². The first kappa shape index (κ1) is 11.5. The van der Waals surface area contributed by atoms with Crippen LogP contribution in [-0.4, -0.2) is 22.1 Å². The third kappa shape index (κ3) is 2.94. The fourth-order valence-electron chi connectivity index (χ4n) is 1.40. The van der Waals surface area contributed by atoms with E-state index >= 15 is 0 Å². The Morgan fingerprint density at radius 3 is 2.73 bits per heavy atom. The van der Waals surface area contributed by atoms with Gasteiger partial charge in [-0.15, -0.1) is 0 Å². The van der Waals surface area contributed by atoms with E-state index in [1.807, 2.05) is 0 Å². The van der Waals surface area contributed by atoms with Gasteiger partial charge in [0, 0.05) is 18.4 Å². The van der Waals surface area contributed by atoms with Crippen molar-refractivity contribution in [1.29, 1.82) is 0 Å². The van der Waals surface area contributed by atoms with E-state index < -0.39 is 5.97 Å². The molecule has 0 aliphatic heterocycles. The van der Waals surface area contributed by atoms with Gasteiger partial charge >= 0.3 is 5.97 Å². The number of pyridine rings is 1. The Hall–Kier alpha value is -1.58. The number of nitrogens with one attached hydrogen (secondary N) is 1. The second kappa shape index (κ2) is 5.34. The number of hydrogen-bond acceptors (Lipinski definition) is 3. The average molecular weight is 208 g/mol. The molecule has 2 N–H and O–H groups in total. The first-order valence-electron chi connectivity index (χ1n) is 5.12. The lowest BCUT2D eigenvalue weighted by atomic mass is 10.1. The van der Waals surface area contributed by atoms with E-state index in [4.69, 9.17) is 5.11 Å². The van der Waals surface area contributed by atoms with E-state index in [0.29, 0.717) is 11.7 Å². The molecule has 1 aromatic heterocycles. The summed E-state index contributed by atoms with van der Waals surface area (Å²) in [5, 5.41) is 12.2. The lowest BCUT2D eigenvalue weighted by molar-refractivity contribution is 0.0697. The highest BCUT2D eigenvalue weighted by atomic mass is 16.4. The van der Waals surface area contributed by atoms with Gasteiger partial charge < -0.3 is 10.4 Å². The highest BCUT2D eigenvalue weighted by Crippen LogP contribution is 2.16. The van der Waals surface area contributed by atoms with Crippen molar-refractivity contribution in [2.45, 2.75) is 32.7 Å². The molecule has 0 unspecified atom stereocenters. The standard InChI is InChI=1S/C11H16N2O2/c1-3-8(4-2)13-10-5-6-12-7-9(10)11(14)15/h5-8H,3-4H2,1-2H3,(H,12,13)(H,14,15). The van der Waals surface area contributed by atoms with Gasteiger partial charge in [-0.25, -0.2) is 4.79 Å². The molecule has 4 heteroatoms. The number of aromatic nitrogens is 1. The summed E-state index contributed by atoms with van der Waals surface area (Å²) >= 11 is 0. The molecule has 4 nitrogen and oxygen atoms in total. The van der Waals surface area contributed by atoms with Crippen LogP contribution in [0.15, 0.2) is 18.5 Å². The van der Waals surface area contributed by atoms with Gasteiger partial charge in [-0.3, -0.25) is 4.98 Å². The smallest absolute Gasteiger partial charge is 0.339 e. The zero-order valence-corrected chi connectivity index (χ0v) is 9.03. The summed E-state index contributed by atoms with van der Waals surface area (Å²) in [5.41, 5.74) is 0.871. The van der Waals surface area contributed by atoms with Crippen molar-refractivity contribution in [3.63, 3.8) is 0 Å². The van der Waals surface area contributed by atoms with Crippen molar-refractivity contribution in [3.8, 4) is 0 Å². The molecule has 0 aromatic carbocycles. The van der Waals surface area contributed by atoms with Crippen LogP contribution in [0.25, 0.3) is 0 Å². The lowest BCUT2D eigenvalue weighted by Crippen LogP contribution is -2.19. The molecule has 0 fully saturated rings. The summed E-state index contributed by atoms with van der Waals surface area (Å²) < 4.78 is 0. The molecule has 1 heterocycles. The predicted molar refractivity (Wildman–Crippen MR) is 59.2 cm³/mol. The minimum Gasteiger partial charge on any atom is -0.478 e. The van der Waals surface area contributed by atoms with E-state index in [0.717, 1.165) is 12.8 Å². The van der Waals surface area contributed by atoms with Crippen LogP contribution in [0, 0.1) is 0 Å². The highest BCUT2D eigenvalue weighted by Gasteiger charge is 2.11. The van der Waals surface area contributed by atoms with Crippen molar-refractivity contribution in [2.75, 3.05) is 5.32 Å². The largest absolute Gasteiger partial charge is 0.478 e. The molecule has 15 heavy (non-hydrogen) atoms. The zero-order chi connectivity index (χ0) is 11.3. The molecule has 0 amide bonds. The fraction of sp³-hybridized carbons (Fsp3) is 0.455. The first-order chi connectivity index (χ1) is 7.19. The molecular formula is C11H16N2O2. The second-order valence-corrected chi connectivity index (χ2v) is 3.38. The van der Waals surface area contributed by atoms with Gasteiger partial charge in [-0.2, -0.15) is 0 Å². The minimum atomic E-state index is -0.948. The lowest BCUT2D eigenvalue weighted by Gasteiger charge is -2.17. The van der Waals surface area contributed by atoms with Crippen LogP contribution in [0.2, 0.25) is 0 Å².